The molecule has 0 saturated heterocycles. The smallest absolute Gasteiger partial charge is 0.407 e. The largest absolute Gasteiger partial charge is 0.444 e. The Bertz CT molecular complexity index is 359. The van der Waals surface area contributed by atoms with Crippen LogP contribution in [0.4, 0.5) is 4.79 Å². The second kappa shape index (κ2) is 7.67. The number of rotatable bonds is 5. The molecule has 1 amide bonds. The van der Waals surface area contributed by atoms with Gasteiger partial charge in [0, 0.05) is 18.6 Å². The lowest BCUT2D eigenvalue weighted by Gasteiger charge is -2.30. The summed E-state index contributed by atoms with van der Waals surface area (Å²) >= 11 is 0. The summed E-state index contributed by atoms with van der Waals surface area (Å²) in [5, 5.41) is 6.84. The molecule has 2 aliphatic rings. The van der Waals surface area contributed by atoms with Crippen molar-refractivity contribution in [3.63, 3.8) is 0 Å². The number of hydrogen-bond donors (Lipinski definition) is 2. The highest BCUT2D eigenvalue weighted by atomic mass is 16.6. The third kappa shape index (κ3) is 5.45. The molecular formula is C18H34N2O2. The molecule has 2 N–H and O–H groups in total. The molecule has 4 heteroatoms. The van der Waals surface area contributed by atoms with E-state index in [9.17, 15) is 4.79 Å². The van der Waals surface area contributed by atoms with Crippen molar-refractivity contribution in [2.75, 3.05) is 6.54 Å². The highest BCUT2D eigenvalue weighted by Gasteiger charge is 2.31. The first-order valence-electron chi connectivity index (χ1n) is 9.08. The maximum absolute atomic E-state index is 11.9. The Morgan fingerprint density at radius 3 is 2.36 bits per heavy atom. The quantitative estimate of drug-likeness (QED) is 0.811. The molecule has 0 heterocycles. The number of ether oxygens (including phenoxy) is 1. The number of alkyl carbamates (subject to hydrolysis) is 1. The van der Waals surface area contributed by atoms with Gasteiger partial charge in [-0.3, -0.25) is 0 Å². The van der Waals surface area contributed by atoms with Crippen molar-refractivity contribution in [2.45, 2.75) is 90.3 Å². The van der Waals surface area contributed by atoms with Gasteiger partial charge in [0.2, 0.25) is 0 Å². The second-order valence-electron chi connectivity index (χ2n) is 8.22. The molecule has 0 aromatic heterocycles. The Labute approximate surface area is 135 Å². The molecule has 2 rings (SSSR count). The average Bonchev–Trinajstić information content (AvgIpc) is 3.04. The standard InChI is InChI=1S/C18H34N2O2/c1-13-8-7-11-15(13)20-16(14-9-5-6-10-14)12-19-17(21)22-18(2,3)4/h13-16,20H,5-12H2,1-4H3,(H,19,21). The predicted molar refractivity (Wildman–Crippen MR) is 89.9 cm³/mol. The van der Waals surface area contributed by atoms with Gasteiger partial charge in [0.1, 0.15) is 5.60 Å². The fourth-order valence-corrected chi connectivity index (χ4v) is 3.90. The Hall–Kier alpha value is -0.770. The molecule has 2 aliphatic carbocycles. The summed E-state index contributed by atoms with van der Waals surface area (Å²) in [6.07, 6.45) is 8.87. The number of carbonyl (C=O) groups is 1. The SMILES string of the molecule is CC1CCCC1NC(CNC(=O)OC(C)(C)C)C1CCCC1. The van der Waals surface area contributed by atoms with E-state index in [2.05, 4.69) is 17.6 Å². The third-order valence-electron chi connectivity index (χ3n) is 5.12. The fourth-order valence-electron chi connectivity index (χ4n) is 3.90. The lowest BCUT2D eigenvalue weighted by Crippen LogP contribution is -2.50. The van der Waals surface area contributed by atoms with Gasteiger partial charge >= 0.3 is 6.09 Å². The van der Waals surface area contributed by atoms with Crippen LogP contribution in [-0.2, 0) is 4.74 Å². The van der Waals surface area contributed by atoms with Crippen molar-refractivity contribution in [2.24, 2.45) is 11.8 Å². The molecular weight excluding hydrogens is 276 g/mol. The summed E-state index contributed by atoms with van der Waals surface area (Å²) in [6.45, 7) is 8.74. The van der Waals surface area contributed by atoms with E-state index in [-0.39, 0.29) is 6.09 Å². The van der Waals surface area contributed by atoms with E-state index in [1.807, 2.05) is 20.8 Å². The first-order valence-corrected chi connectivity index (χ1v) is 9.08. The van der Waals surface area contributed by atoms with Crippen molar-refractivity contribution in [1.82, 2.24) is 10.6 Å². The zero-order chi connectivity index (χ0) is 16.2. The lowest BCUT2D eigenvalue weighted by atomic mass is 9.95. The van der Waals surface area contributed by atoms with Crippen molar-refractivity contribution >= 4 is 6.09 Å². The number of amides is 1. The summed E-state index contributed by atoms with van der Waals surface area (Å²) in [6, 6.07) is 1.01. The van der Waals surface area contributed by atoms with E-state index in [0.29, 0.717) is 24.5 Å². The van der Waals surface area contributed by atoms with Gasteiger partial charge in [0.15, 0.2) is 0 Å². The summed E-state index contributed by atoms with van der Waals surface area (Å²) in [5.41, 5.74) is -0.430. The van der Waals surface area contributed by atoms with E-state index in [4.69, 9.17) is 4.74 Å². The Balaban J connectivity index is 1.86. The minimum Gasteiger partial charge on any atom is -0.444 e. The molecule has 0 spiro atoms. The van der Waals surface area contributed by atoms with Crippen LogP contribution >= 0.6 is 0 Å². The van der Waals surface area contributed by atoms with Crippen molar-refractivity contribution in [1.29, 1.82) is 0 Å². The first kappa shape index (κ1) is 17.6. The van der Waals surface area contributed by atoms with Crippen LogP contribution in [-0.4, -0.2) is 30.3 Å². The Morgan fingerprint density at radius 1 is 1.14 bits per heavy atom. The van der Waals surface area contributed by atoms with Crippen LogP contribution in [0, 0.1) is 11.8 Å². The van der Waals surface area contributed by atoms with E-state index in [1.165, 1.54) is 44.9 Å². The molecule has 3 unspecified atom stereocenters. The van der Waals surface area contributed by atoms with Gasteiger partial charge in [0.25, 0.3) is 0 Å². The van der Waals surface area contributed by atoms with E-state index >= 15 is 0 Å². The molecule has 3 atom stereocenters. The van der Waals surface area contributed by atoms with Crippen molar-refractivity contribution in [3.05, 3.63) is 0 Å². The average molecular weight is 310 g/mol. The van der Waals surface area contributed by atoms with Gasteiger partial charge in [0.05, 0.1) is 0 Å². The molecule has 0 radical (unpaired) electrons. The molecule has 0 aromatic carbocycles. The monoisotopic (exact) mass is 310 g/mol. The van der Waals surface area contributed by atoms with Gasteiger partial charge in [-0.15, -0.1) is 0 Å². The van der Waals surface area contributed by atoms with Gasteiger partial charge in [-0.05, 0) is 58.3 Å². The van der Waals surface area contributed by atoms with E-state index in [0.717, 1.165) is 5.92 Å². The van der Waals surface area contributed by atoms with Crippen LogP contribution in [0.5, 0.6) is 0 Å². The van der Waals surface area contributed by atoms with Crippen LogP contribution in [0.3, 0.4) is 0 Å². The zero-order valence-corrected chi connectivity index (χ0v) is 14.8. The van der Waals surface area contributed by atoms with Gasteiger partial charge in [-0.2, -0.15) is 0 Å². The van der Waals surface area contributed by atoms with E-state index < -0.39 is 5.60 Å². The van der Waals surface area contributed by atoms with Crippen LogP contribution in [0.2, 0.25) is 0 Å². The van der Waals surface area contributed by atoms with Crippen LogP contribution < -0.4 is 10.6 Å². The topological polar surface area (TPSA) is 50.4 Å². The first-order chi connectivity index (χ1) is 10.3. The molecule has 4 nitrogen and oxygen atoms in total. The second-order valence-corrected chi connectivity index (χ2v) is 8.22. The lowest BCUT2D eigenvalue weighted by molar-refractivity contribution is 0.0516. The van der Waals surface area contributed by atoms with Crippen LogP contribution in [0.25, 0.3) is 0 Å². The van der Waals surface area contributed by atoms with Crippen LogP contribution in [0.15, 0.2) is 0 Å². The highest BCUT2D eigenvalue weighted by molar-refractivity contribution is 5.67. The minimum absolute atomic E-state index is 0.295. The molecule has 128 valence electrons. The van der Waals surface area contributed by atoms with Crippen molar-refractivity contribution < 1.29 is 9.53 Å². The zero-order valence-electron chi connectivity index (χ0n) is 14.8. The third-order valence-corrected chi connectivity index (χ3v) is 5.12. The summed E-state index contributed by atoms with van der Waals surface area (Å²) in [5.74, 6) is 1.45. The van der Waals surface area contributed by atoms with Crippen molar-refractivity contribution in [3.8, 4) is 0 Å². The molecule has 2 saturated carbocycles. The Morgan fingerprint density at radius 2 is 1.82 bits per heavy atom. The number of nitrogens with one attached hydrogen (secondary N) is 2. The summed E-state index contributed by atoms with van der Waals surface area (Å²) < 4.78 is 5.36. The van der Waals surface area contributed by atoms with Crippen LogP contribution in [0.1, 0.15) is 72.6 Å². The molecule has 0 aliphatic heterocycles. The molecule has 2 fully saturated rings. The van der Waals surface area contributed by atoms with Gasteiger partial charge < -0.3 is 15.4 Å². The molecule has 0 bridgehead atoms. The normalized spacial score (nSPS) is 27.8. The Kier molecular flexibility index (Phi) is 6.13. The highest BCUT2D eigenvalue weighted by Crippen LogP contribution is 2.30. The number of hydrogen-bond acceptors (Lipinski definition) is 3. The number of carbonyl (C=O) groups excluding carboxylic acids is 1. The summed E-state index contributed by atoms with van der Waals surface area (Å²) in [7, 11) is 0. The van der Waals surface area contributed by atoms with E-state index in [1.54, 1.807) is 0 Å². The maximum atomic E-state index is 11.9. The fraction of sp³-hybridized carbons (Fsp3) is 0.944. The minimum atomic E-state index is -0.430. The maximum Gasteiger partial charge on any atom is 0.407 e. The predicted octanol–water partition coefficient (Wildman–Crippen LogP) is 3.85. The molecule has 0 aromatic rings. The van der Waals surface area contributed by atoms with Gasteiger partial charge in [-0.1, -0.05) is 26.2 Å². The summed E-state index contributed by atoms with van der Waals surface area (Å²) in [4.78, 5) is 11.9. The van der Waals surface area contributed by atoms with Gasteiger partial charge in [-0.25, -0.2) is 4.79 Å². The molecule has 22 heavy (non-hydrogen) atoms.